The summed E-state index contributed by atoms with van der Waals surface area (Å²) in [5, 5.41) is 8.80. The van der Waals surface area contributed by atoms with Crippen LogP contribution in [0.2, 0.25) is 0 Å². The van der Waals surface area contributed by atoms with Crippen molar-refractivity contribution in [2.45, 2.75) is 12.2 Å². The molecule has 0 radical (unpaired) electrons. The average molecular weight is 345 g/mol. The highest BCUT2D eigenvalue weighted by molar-refractivity contribution is 7.98. The lowest BCUT2D eigenvalue weighted by Crippen LogP contribution is -2.12. The molecule has 1 amide bonds. The summed E-state index contributed by atoms with van der Waals surface area (Å²) < 4.78 is 5.22. The van der Waals surface area contributed by atoms with Gasteiger partial charge in [-0.05, 0) is 23.6 Å². The highest BCUT2D eigenvalue weighted by Gasteiger charge is 2.09. The Labute approximate surface area is 142 Å². The van der Waals surface area contributed by atoms with Gasteiger partial charge in [-0.25, -0.2) is 0 Å². The number of thiophene rings is 1. The summed E-state index contributed by atoms with van der Waals surface area (Å²) in [5.74, 6) is 2.53. The van der Waals surface area contributed by atoms with E-state index in [9.17, 15) is 4.79 Å². The molecule has 3 aromatic rings. The lowest BCUT2D eigenvalue weighted by Gasteiger charge is -2.03. The zero-order chi connectivity index (χ0) is 15.9. The molecule has 5 nitrogen and oxygen atoms in total. The Hall–Kier alpha value is -2.12. The van der Waals surface area contributed by atoms with Crippen LogP contribution in [-0.2, 0) is 10.5 Å². The van der Waals surface area contributed by atoms with Gasteiger partial charge in [-0.1, -0.05) is 29.4 Å². The SMILES string of the molecule is O=C(CCSCc1nc(-c2cccs2)no1)Nc1ccccc1. The maximum Gasteiger partial charge on any atom is 0.236 e. The summed E-state index contributed by atoms with van der Waals surface area (Å²) in [6.07, 6.45) is 0.450. The van der Waals surface area contributed by atoms with Crippen LogP contribution >= 0.6 is 23.1 Å². The standard InChI is InChI=1S/C16H15N3O2S2/c20-14(17-12-5-2-1-3-6-12)8-10-22-11-15-18-16(19-21-15)13-7-4-9-23-13/h1-7,9H,8,10-11H2,(H,17,20). The molecule has 0 fully saturated rings. The second kappa shape index (κ2) is 7.94. The van der Waals surface area contributed by atoms with Crippen molar-refractivity contribution in [3.63, 3.8) is 0 Å². The van der Waals surface area contributed by atoms with Crippen molar-refractivity contribution in [3.8, 4) is 10.7 Å². The third kappa shape index (κ3) is 4.67. The molecular formula is C16H15N3O2S2. The molecule has 7 heteroatoms. The van der Waals surface area contributed by atoms with Crippen molar-refractivity contribution in [3.05, 3.63) is 53.7 Å². The fourth-order valence-corrected chi connectivity index (χ4v) is 3.30. The molecule has 0 saturated heterocycles. The maximum absolute atomic E-state index is 11.8. The Morgan fingerprint density at radius 3 is 2.87 bits per heavy atom. The number of amides is 1. The predicted molar refractivity (Wildman–Crippen MR) is 93.5 cm³/mol. The highest BCUT2D eigenvalue weighted by Crippen LogP contribution is 2.22. The largest absolute Gasteiger partial charge is 0.338 e. The second-order valence-corrected chi connectivity index (χ2v) is 6.76. The molecule has 0 unspecified atom stereocenters. The van der Waals surface area contributed by atoms with Gasteiger partial charge in [0, 0.05) is 17.9 Å². The summed E-state index contributed by atoms with van der Waals surface area (Å²) in [4.78, 5) is 17.2. The number of anilines is 1. The van der Waals surface area contributed by atoms with Crippen LogP contribution in [0.4, 0.5) is 5.69 Å². The Kier molecular flexibility index (Phi) is 5.44. The maximum atomic E-state index is 11.8. The van der Waals surface area contributed by atoms with Gasteiger partial charge >= 0.3 is 0 Å². The zero-order valence-electron chi connectivity index (χ0n) is 12.3. The molecular weight excluding hydrogens is 330 g/mol. The first-order chi connectivity index (χ1) is 11.3. The van der Waals surface area contributed by atoms with E-state index in [4.69, 9.17) is 4.52 Å². The number of benzene rings is 1. The van der Waals surface area contributed by atoms with E-state index in [2.05, 4.69) is 15.5 Å². The van der Waals surface area contributed by atoms with Crippen molar-refractivity contribution < 1.29 is 9.32 Å². The van der Waals surface area contributed by atoms with Crippen LogP contribution in [-0.4, -0.2) is 21.8 Å². The smallest absolute Gasteiger partial charge is 0.236 e. The Bertz CT molecular complexity index is 742. The molecule has 2 aromatic heterocycles. The third-order valence-electron chi connectivity index (χ3n) is 2.97. The molecule has 0 aliphatic carbocycles. The number of hydrogen-bond acceptors (Lipinski definition) is 6. The van der Waals surface area contributed by atoms with Crippen LogP contribution in [0.3, 0.4) is 0 Å². The normalized spacial score (nSPS) is 10.6. The van der Waals surface area contributed by atoms with Gasteiger partial charge in [0.25, 0.3) is 0 Å². The summed E-state index contributed by atoms with van der Waals surface area (Å²) in [6.45, 7) is 0. The summed E-state index contributed by atoms with van der Waals surface area (Å²) in [7, 11) is 0. The molecule has 0 bridgehead atoms. The molecule has 23 heavy (non-hydrogen) atoms. The highest BCUT2D eigenvalue weighted by atomic mass is 32.2. The van der Waals surface area contributed by atoms with E-state index in [-0.39, 0.29) is 5.91 Å². The first-order valence-corrected chi connectivity index (χ1v) is 9.14. The topological polar surface area (TPSA) is 68.0 Å². The van der Waals surface area contributed by atoms with Crippen LogP contribution in [0.5, 0.6) is 0 Å². The molecule has 3 rings (SSSR count). The number of hydrogen-bond donors (Lipinski definition) is 1. The molecule has 0 aliphatic rings. The summed E-state index contributed by atoms with van der Waals surface area (Å²) in [6, 6.07) is 13.4. The van der Waals surface area contributed by atoms with E-state index in [1.807, 2.05) is 47.8 Å². The lowest BCUT2D eigenvalue weighted by molar-refractivity contribution is -0.115. The van der Waals surface area contributed by atoms with Gasteiger partial charge in [0.2, 0.25) is 17.6 Å². The van der Waals surface area contributed by atoms with E-state index in [0.29, 0.717) is 29.6 Å². The molecule has 0 spiro atoms. The number of aromatic nitrogens is 2. The number of nitrogens with zero attached hydrogens (tertiary/aromatic N) is 2. The van der Waals surface area contributed by atoms with E-state index in [1.165, 1.54) is 0 Å². The first kappa shape index (κ1) is 15.8. The molecule has 118 valence electrons. The minimum absolute atomic E-state index is 0.00787. The monoisotopic (exact) mass is 345 g/mol. The van der Waals surface area contributed by atoms with Crippen molar-refractivity contribution in [1.82, 2.24) is 10.1 Å². The minimum Gasteiger partial charge on any atom is -0.338 e. The van der Waals surface area contributed by atoms with Gasteiger partial charge in [0.1, 0.15) is 0 Å². The number of carbonyl (C=O) groups excluding carboxylic acids is 1. The predicted octanol–water partition coefficient (Wildman–Crippen LogP) is 4.06. The number of nitrogens with one attached hydrogen (secondary N) is 1. The second-order valence-electron chi connectivity index (χ2n) is 4.71. The molecule has 0 atom stereocenters. The fraction of sp³-hybridized carbons (Fsp3) is 0.188. The molecule has 1 aromatic carbocycles. The van der Waals surface area contributed by atoms with Gasteiger partial charge in [-0.15, -0.1) is 11.3 Å². The van der Waals surface area contributed by atoms with E-state index in [1.54, 1.807) is 23.1 Å². The van der Waals surface area contributed by atoms with Crippen LogP contribution in [0, 0.1) is 0 Å². The molecule has 0 aliphatic heterocycles. The van der Waals surface area contributed by atoms with Gasteiger partial charge in [0.05, 0.1) is 10.6 Å². The van der Waals surface area contributed by atoms with E-state index in [0.717, 1.165) is 10.6 Å². The Balaban J connectivity index is 1.39. The van der Waals surface area contributed by atoms with E-state index < -0.39 is 0 Å². The van der Waals surface area contributed by atoms with Gasteiger partial charge < -0.3 is 9.84 Å². The lowest BCUT2D eigenvalue weighted by atomic mass is 10.3. The van der Waals surface area contributed by atoms with Gasteiger partial charge in [0.15, 0.2) is 0 Å². The fourth-order valence-electron chi connectivity index (χ4n) is 1.89. The average Bonchev–Trinajstić information content (AvgIpc) is 3.24. The van der Waals surface area contributed by atoms with Gasteiger partial charge in [-0.3, -0.25) is 4.79 Å². The zero-order valence-corrected chi connectivity index (χ0v) is 13.9. The number of rotatable bonds is 7. The van der Waals surface area contributed by atoms with Crippen molar-refractivity contribution >= 4 is 34.7 Å². The van der Waals surface area contributed by atoms with Crippen molar-refractivity contribution in [2.75, 3.05) is 11.1 Å². The number of para-hydroxylation sites is 1. The Morgan fingerprint density at radius 1 is 1.22 bits per heavy atom. The molecule has 2 heterocycles. The van der Waals surface area contributed by atoms with Crippen molar-refractivity contribution in [1.29, 1.82) is 0 Å². The quantitative estimate of drug-likeness (QED) is 0.654. The summed E-state index contributed by atoms with van der Waals surface area (Å²) in [5.41, 5.74) is 0.819. The Morgan fingerprint density at radius 2 is 2.09 bits per heavy atom. The van der Waals surface area contributed by atoms with Crippen LogP contribution in [0.15, 0.2) is 52.4 Å². The molecule has 1 N–H and O–H groups in total. The van der Waals surface area contributed by atoms with Gasteiger partial charge in [-0.2, -0.15) is 16.7 Å². The first-order valence-electron chi connectivity index (χ1n) is 7.10. The van der Waals surface area contributed by atoms with Crippen LogP contribution < -0.4 is 5.32 Å². The van der Waals surface area contributed by atoms with Crippen molar-refractivity contribution in [2.24, 2.45) is 0 Å². The third-order valence-corrected chi connectivity index (χ3v) is 4.78. The van der Waals surface area contributed by atoms with Crippen LogP contribution in [0.1, 0.15) is 12.3 Å². The van der Waals surface area contributed by atoms with Crippen LogP contribution in [0.25, 0.3) is 10.7 Å². The van der Waals surface area contributed by atoms with E-state index >= 15 is 0 Å². The minimum atomic E-state index is 0.00787. The number of carbonyl (C=O) groups is 1. The summed E-state index contributed by atoms with van der Waals surface area (Å²) >= 11 is 3.18. The molecule has 0 saturated carbocycles. The number of thioether (sulfide) groups is 1.